The zero-order valence-electron chi connectivity index (χ0n) is 6.51. The summed E-state index contributed by atoms with van der Waals surface area (Å²) in [7, 11) is 0. The van der Waals surface area contributed by atoms with Crippen molar-refractivity contribution in [2.24, 2.45) is 0 Å². The van der Waals surface area contributed by atoms with Gasteiger partial charge in [0.05, 0.1) is 11.7 Å². The van der Waals surface area contributed by atoms with Crippen LogP contribution in [-0.4, -0.2) is 29.1 Å². The minimum atomic E-state index is -0.0535. The number of rotatable bonds is 4. The van der Waals surface area contributed by atoms with Crippen molar-refractivity contribution >= 4 is 46.2 Å². The number of ketones is 2. The van der Waals surface area contributed by atoms with E-state index in [4.69, 9.17) is 0 Å². The maximum atomic E-state index is 11.1. The quantitative estimate of drug-likeness (QED) is 0.363. The minimum absolute atomic E-state index is 0.0535. The van der Waals surface area contributed by atoms with Crippen molar-refractivity contribution in [1.29, 1.82) is 0 Å². The van der Waals surface area contributed by atoms with Gasteiger partial charge < -0.3 is 0 Å². The van der Waals surface area contributed by atoms with Gasteiger partial charge in [-0.05, 0) is 0 Å². The van der Waals surface area contributed by atoms with Gasteiger partial charge in [0.25, 0.3) is 0 Å². The average Bonchev–Trinajstić information content (AvgIpc) is 2.31. The van der Waals surface area contributed by atoms with Crippen LogP contribution < -0.4 is 3.53 Å². The number of nitrogens with one attached hydrogen (secondary N) is 1. The first-order chi connectivity index (χ1) is 5.74. The molecule has 0 aromatic carbocycles. The third-order valence-electron chi connectivity index (χ3n) is 1.66. The van der Waals surface area contributed by atoms with Crippen LogP contribution >= 0.6 is 34.6 Å². The molecule has 1 unspecified atom stereocenters. The van der Waals surface area contributed by atoms with E-state index in [9.17, 15) is 9.59 Å². The average molecular weight is 299 g/mol. The summed E-state index contributed by atoms with van der Waals surface area (Å²) >= 11 is 3.65. The molecule has 0 spiro atoms. The fourth-order valence-corrected chi connectivity index (χ4v) is 2.81. The summed E-state index contributed by atoms with van der Waals surface area (Å²) in [5.41, 5.74) is 0. The lowest BCUT2D eigenvalue weighted by Crippen LogP contribution is -2.12. The number of halogens is 1. The molecule has 0 aromatic rings. The summed E-state index contributed by atoms with van der Waals surface area (Å²) in [6.45, 7) is 0.878. The Morgan fingerprint density at radius 2 is 2.33 bits per heavy atom. The Bertz CT molecular complexity index is 198. The van der Waals surface area contributed by atoms with Gasteiger partial charge in [-0.25, -0.2) is 0 Å². The van der Waals surface area contributed by atoms with Crippen molar-refractivity contribution in [3.63, 3.8) is 0 Å². The molecule has 1 fully saturated rings. The molecule has 0 amide bonds. The lowest BCUT2D eigenvalue weighted by Gasteiger charge is -2.04. The molecule has 1 aliphatic carbocycles. The van der Waals surface area contributed by atoms with Crippen molar-refractivity contribution < 1.29 is 9.59 Å². The summed E-state index contributed by atoms with van der Waals surface area (Å²) < 4.78 is 2.97. The van der Waals surface area contributed by atoms with Gasteiger partial charge in [-0.1, -0.05) is 0 Å². The molecule has 1 saturated carbocycles. The molecule has 1 aliphatic rings. The van der Waals surface area contributed by atoms with Gasteiger partial charge in [-0.2, -0.15) is 0 Å². The highest BCUT2D eigenvalue weighted by Crippen LogP contribution is 2.23. The first kappa shape index (κ1) is 10.5. The normalized spacial score (nSPS) is 23.6. The summed E-state index contributed by atoms with van der Waals surface area (Å²) in [5, 5.41) is -0.0535. The first-order valence-electron chi connectivity index (χ1n) is 3.73. The fourth-order valence-electron chi connectivity index (χ4n) is 1.09. The second-order valence-corrected chi connectivity index (χ2v) is 4.70. The van der Waals surface area contributed by atoms with Gasteiger partial charge in [-0.3, -0.25) is 13.1 Å². The van der Waals surface area contributed by atoms with Gasteiger partial charge in [0, 0.05) is 41.6 Å². The lowest BCUT2D eigenvalue weighted by molar-refractivity contribution is -0.121. The predicted octanol–water partition coefficient (Wildman–Crippen LogP) is 0.960. The summed E-state index contributed by atoms with van der Waals surface area (Å²) in [5.74, 6) is 1.10. The Balaban J connectivity index is 2.24. The number of Topliss-reactive ketones (excluding diaryl/α,β-unsaturated/α-hetero) is 2. The van der Waals surface area contributed by atoms with Crippen molar-refractivity contribution in [2.75, 3.05) is 12.3 Å². The molecule has 1 rings (SSSR count). The number of hydrogen-bond acceptors (Lipinski definition) is 4. The topological polar surface area (TPSA) is 46.2 Å². The van der Waals surface area contributed by atoms with Crippen LogP contribution in [0.5, 0.6) is 0 Å². The van der Waals surface area contributed by atoms with E-state index in [0.29, 0.717) is 6.42 Å². The fraction of sp³-hybridized carbons (Fsp3) is 0.714. The highest BCUT2D eigenvalue weighted by molar-refractivity contribution is 14.1. The van der Waals surface area contributed by atoms with Gasteiger partial charge in [0.15, 0.2) is 5.78 Å². The van der Waals surface area contributed by atoms with Crippen LogP contribution in [0.3, 0.4) is 0 Å². The SMILES string of the molecule is O=C1CC(=O)C(SCCNI)C1. The van der Waals surface area contributed by atoms with Crippen LogP contribution in [-0.2, 0) is 9.59 Å². The summed E-state index contributed by atoms with van der Waals surface area (Å²) in [4.78, 5) is 22.0. The number of hydrogen-bond donors (Lipinski definition) is 1. The van der Waals surface area contributed by atoms with E-state index in [1.54, 1.807) is 11.8 Å². The Morgan fingerprint density at radius 3 is 2.83 bits per heavy atom. The third kappa shape index (κ3) is 3.02. The molecule has 0 saturated heterocycles. The molecule has 3 nitrogen and oxygen atoms in total. The predicted molar refractivity (Wildman–Crippen MR) is 57.5 cm³/mol. The highest BCUT2D eigenvalue weighted by atomic mass is 127. The van der Waals surface area contributed by atoms with Crippen LogP contribution in [0.1, 0.15) is 12.8 Å². The Kier molecular flexibility index (Phi) is 4.52. The molecule has 12 heavy (non-hydrogen) atoms. The summed E-state index contributed by atoms with van der Waals surface area (Å²) in [6, 6.07) is 0. The molecule has 0 bridgehead atoms. The van der Waals surface area contributed by atoms with E-state index in [1.807, 2.05) is 0 Å². The molecule has 1 atom stereocenters. The zero-order valence-corrected chi connectivity index (χ0v) is 9.48. The first-order valence-corrected chi connectivity index (χ1v) is 5.86. The third-order valence-corrected chi connectivity index (χ3v) is 3.47. The number of thioether (sulfide) groups is 1. The molecule has 1 N–H and O–H groups in total. The van der Waals surface area contributed by atoms with E-state index in [0.717, 1.165) is 12.3 Å². The van der Waals surface area contributed by atoms with Crippen molar-refractivity contribution in [3.05, 3.63) is 0 Å². The van der Waals surface area contributed by atoms with Gasteiger partial charge in [0.2, 0.25) is 0 Å². The molecular weight excluding hydrogens is 289 g/mol. The van der Waals surface area contributed by atoms with Gasteiger partial charge in [0.1, 0.15) is 5.78 Å². The van der Waals surface area contributed by atoms with E-state index < -0.39 is 0 Å². The zero-order chi connectivity index (χ0) is 8.97. The standard InChI is InChI=1S/C7H10INO2S/c8-9-1-2-12-7-4-5(10)3-6(7)11/h7,9H,1-4H2. The summed E-state index contributed by atoms with van der Waals surface area (Å²) in [6.07, 6.45) is 0.611. The lowest BCUT2D eigenvalue weighted by atomic mass is 10.3. The van der Waals surface area contributed by atoms with Crippen LogP contribution in [0, 0.1) is 0 Å². The Morgan fingerprint density at radius 1 is 1.58 bits per heavy atom. The molecular formula is C7H10INO2S. The van der Waals surface area contributed by atoms with E-state index in [1.165, 1.54) is 0 Å². The van der Waals surface area contributed by atoms with Crippen LogP contribution in [0.2, 0.25) is 0 Å². The van der Waals surface area contributed by atoms with Gasteiger partial charge in [-0.15, -0.1) is 11.8 Å². The van der Waals surface area contributed by atoms with Crippen LogP contribution in [0.15, 0.2) is 0 Å². The van der Waals surface area contributed by atoms with E-state index >= 15 is 0 Å². The number of carbonyl (C=O) groups is 2. The monoisotopic (exact) mass is 299 g/mol. The maximum absolute atomic E-state index is 11.1. The van der Waals surface area contributed by atoms with Crippen molar-refractivity contribution in [2.45, 2.75) is 18.1 Å². The molecule has 68 valence electrons. The van der Waals surface area contributed by atoms with Crippen molar-refractivity contribution in [3.8, 4) is 0 Å². The molecule has 0 radical (unpaired) electrons. The Hall–Kier alpha value is 0.380. The molecule has 0 heterocycles. The highest BCUT2D eigenvalue weighted by Gasteiger charge is 2.30. The molecule has 0 aliphatic heterocycles. The smallest absolute Gasteiger partial charge is 0.153 e. The van der Waals surface area contributed by atoms with E-state index in [-0.39, 0.29) is 23.2 Å². The minimum Gasteiger partial charge on any atom is -0.299 e. The van der Waals surface area contributed by atoms with Gasteiger partial charge >= 0.3 is 0 Å². The Labute approximate surface area is 89.5 Å². The van der Waals surface area contributed by atoms with E-state index in [2.05, 4.69) is 26.4 Å². The van der Waals surface area contributed by atoms with Crippen molar-refractivity contribution in [1.82, 2.24) is 3.53 Å². The second kappa shape index (κ2) is 5.18. The molecule has 5 heteroatoms. The number of carbonyl (C=O) groups excluding carboxylic acids is 2. The molecule has 0 aromatic heterocycles. The maximum Gasteiger partial charge on any atom is 0.153 e. The second-order valence-electron chi connectivity index (χ2n) is 2.63. The van der Waals surface area contributed by atoms with Crippen LogP contribution in [0.4, 0.5) is 0 Å². The van der Waals surface area contributed by atoms with Crippen LogP contribution in [0.25, 0.3) is 0 Å². The largest absolute Gasteiger partial charge is 0.299 e.